The fraction of sp³-hybridized carbons (Fsp3) is 0.429. The summed E-state index contributed by atoms with van der Waals surface area (Å²) in [7, 11) is 0. The van der Waals surface area contributed by atoms with E-state index in [1.165, 1.54) is 28.3 Å². The summed E-state index contributed by atoms with van der Waals surface area (Å²) in [5.41, 5.74) is 4.08. The van der Waals surface area contributed by atoms with Crippen molar-refractivity contribution in [2.75, 3.05) is 30.3 Å². The predicted octanol–water partition coefficient (Wildman–Crippen LogP) is 5.13. The van der Waals surface area contributed by atoms with Gasteiger partial charge in [0.2, 0.25) is 0 Å². The number of nitrogens with zero attached hydrogens (tertiary/aromatic N) is 1. The number of hydrogen-bond acceptors (Lipinski definition) is 3. The molecular formula is C21H21F3N2S. The summed E-state index contributed by atoms with van der Waals surface area (Å²) in [5.74, 6) is 1.57. The van der Waals surface area contributed by atoms with Crippen LogP contribution in [0.1, 0.15) is 29.9 Å². The number of hydrogen-bond donors (Lipinski definition) is 1. The summed E-state index contributed by atoms with van der Waals surface area (Å²) < 4.78 is 38.7. The molecule has 5 rings (SSSR count). The highest BCUT2D eigenvalue weighted by molar-refractivity contribution is 7.99. The Hall–Kier alpha value is -1.66. The molecule has 142 valence electrons. The number of alkyl halides is 3. The second kappa shape index (κ2) is 6.45. The van der Waals surface area contributed by atoms with E-state index in [1.54, 1.807) is 12.1 Å². The Morgan fingerprint density at radius 3 is 2.67 bits per heavy atom. The molecule has 2 aromatic carbocycles. The van der Waals surface area contributed by atoms with Gasteiger partial charge in [-0.05, 0) is 54.0 Å². The molecule has 3 heterocycles. The van der Waals surface area contributed by atoms with E-state index in [-0.39, 0.29) is 0 Å². The van der Waals surface area contributed by atoms with Gasteiger partial charge in [0.1, 0.15) is 0 Å². The molecule has 6 heteroatoms. The minimum absolute atomic E-state index is 0.521. The molecule has 1 fully saturated rings. The second-order valence-corrected chi connectivity index (χ2v) is 8.62. The van der Waals surface area contributed by atoms with Crippen LogP contribution < -0.4 is 10.2 Å². The van der Waals surface area contributed by atoms with Gasteiger partial charge in [-0.15, -0.1) is 11.8 Å². The summed E-state index contributed by atoms with van der Waals surface area (Å²) in [6, 6.07) is 10.5. The lowest BCUT2D eigenvalue weighted by atomic mass is 9.89. The first-order valence-electron chi connectivity index (χ1n) is 9.49. The largest absolute Gasteiger partial charge is 0.416 e. The lowest BCUT2D eigenvalue weighted by Crippen LogP contribution is -2.44. The summed E-state index contributed by atoms with van der Waals surface area (Å²) >= 11 is 1.86. The van der Waals surface area contributed by atoms with Gasteiger partial charge in [0.05, 0.1) is 11.3 Å². The highest BCUT2D eigenvalue weighted by atomic mass is 32.2. The summed E-state index contributed by atoms with van der Waals surface area (Å²) in [6.45, 7) is 3.14. The lowest BCUT2D eigenvalue weighted by molar-refractivity contribution is -0.137. The van der Waals surface area contributed by atoms with E-state index in [2.05, 4.69) is 22.3 Å². The molecule has 3 aliphatic rings. The van der Waals surface area contributed by atoms with Crippen LogP contribution in [-0.2, 0) is 6.18 Å². The molecule has 0 unspecified atom stereocenters. The molecule has 0 spiro atoms. The van der Waals surface area contributed by atoms with E-state index in [9.17, 15) is 13.2 Å². The van der Waals surface area contributed by atoms with Gasteiger partial charge in [-0.3, -0.25) is 0 Å². The summed E-state index contributed by atoms with van der Waals surface area (Å²) in [6.07, 6.45) is -2.00. The molecule has 2 aromatic rings. The van der Waals surface area contributed by atoms with Crippen molar-refractivity contribution in [1.29, 1.82) is 0 Å². The smallest absolute Gasteiger partial charge is 0.367 e. The molecule has 0 aromatic heterocycles. The van der Waals surface area contributed by atoms with Crippen LogP contribution in [0, 0.1) is 0 Å². The minimum atomic E-state index is -4.30. The third kappa shape index (κ3) is 2.85. The fourth-order valence-corrected chi connectivity index (χ4v) is 5.97. The van der Waals surface area contributed by atoms with Crippen molar-refractivity contribution in [3.05, 3.63) is 47.5 Å². The quantitative estimate of drug-likeness (QED) is 0.726. The predicted molar refractivity (Wildman–Crippen MR) is 104 cm³/mol. The minimum Gasteiger partial charge on any atom is -0.367 e. The number of fused-ring (bicyclic) bond motifs is 3. The zero-order valence-electron chi connectivity index (χ0n) is 14.9. The van der Waals surface area contributed by atoms with E-state index in [4.69, 9.17) is 0 Å². The van der Waals surface area contributed by atoms with Crippen LogP contribution >= 0.6 is 11.8 Å². The molecule has 1 N–H and O–H groups in total. The third-order valence-electron chi connectivity index (χ3n) is 6.01. The average Bonchev–Trinajstić information content (AvgIpc) is 2.82. The van der Waals surface area contributed by atoms with Gasteiger partial charge in [0.15, 0.2) is 0 Å². The Morgan fingerprint density at radius 2 is 1.89 bits per heavy atom. The Morgan fingerprint density at radius 1 is 1.07 bits per heavy atom. The summed E-state index contributed by atoms with van der Waals surface area (Å²) in [4.78, 5) is 3.84. The van der Waals surface area contributed by atoms with Crippen molar-refractivity contribution in [3.8, 4) is 11.1 Å². The standard InChI is InChI=1S/C21H21F3N2S/c22-21(23,24)14-4-2-13(3-5-14)15-6-7-16-17-12-25-9-8-18(17)26-10-1-11-27-20(15)19(16)26/h2-7,17-18,25H,1,8-12H2/t17-,18-/m0/s1. The normalized spacial score (nSPS) is 24.3. The maximum atomic E-state index is 12.9. The maximum Gasteiger partial charge on any atom is 0.416 e. The fourth-order valence-electron chi connectivity index (χ4n) is 4.78. The number of thioether (sulfide) groups is 1. The Kier molecular flexibility index (Phi) is 4.17. The Balaban J connectivity index is 1.61. The van der Waals surface area contributed by atoms with Gasteiger partial charge in [-0.2, -0.15) is 13.2 Å². The van der Waals surface area contributed by atoms with E-state index >= 15 is 0 Å². The number of benzene rings is 2. The van der Waals surface area contributed by atoms with Crippen molar-refractivity contribution in [1.82, 2.24) is 5.32 Å². The van der Waals surface area contributed by atoms with E-state index in [0.29, 0.717) is 12.0 Å². The summed E-state index contributed by atoms with van der Waals surface area (Å²) in [5, 5.41) is 3.52. The number of rotatable bonds is 1. The lowest BCUT2D eigenvalue weighted by Gasteiger charge is -2.33. The van der Waals surface area contributed by atoms with Gasteiger partial charge < -0.3 is 10.2 Å². The van der Waals surface area contributed by atoms with Crippen molar-refractivity contribution < 1.29 is 13.2 Å². The molecule has 0 saturated carbocycles. The van der Waals surface area contributed by atoms with E-state index < -0.39 is 11.7 Å². The molecule has 1 saturated heterocycles. The van der Waals surface area contributed by atoms with Crippen LogP contribution in [0.5, 0.6) is 0 Å². The average molecular weight is 390 g/mol. The zero-order valence-corrected chi connectivity index (χ0v) is 15.7. The van der Waals surface area contributed by atoms with Crippen molar-refractivity contribution >= 4 is 17.4 Å². The molecule has 2 nitrogen and oxygen atoms in total. The number of nitrogens with one attached hydrogen (secondary N) is 1. The van der Waals surface area contributed by atoms with Gasteiger partial charge in [0, 0.05) is 29.9 Å². The molecule has 0 amide bonds. The molecule has 0 aliphatic carbocycles. The first-order chi connectivity index (χ1) is 13.0. The van der Waals surface area contributed by atoms with Crippen molar-refractivity contribution in [2.24, 2.45) is 0 Å². The van der Waals surface area contributed by atoms with Crippen LogP contribution in [-0.4, -0.2) is 31.4 Å². The first kappa shape index (κ1) is 17.4. The number of halogens is 3. The molecule has 0 bridgehead atoms. The monoisotopic (exact) mass is 390 g/mol. The first-order valence-corrected chi connectivity index (χ1v) is 10.5. The van der Waals surface area contributed by atoms with Gasteiger partial charge in [0.25, 0.3) is 0 Å². The molecule has 3 aliphatic heterocycles. The molecule has 27 heavy (non-hydrogen) atoms. The highest BCUT2D eigenvalue weighted by Gasteiger charge is 2.42. The van der Waals surface area contributed by atoms with Gasteiger partial charge in [-0.1, -0.05) is 24.3 Å². The topological polar surface area (TPSA) is 15.3 Å². The number of piperidine rings is 1. The van der Waals surface area contributed by atoms with E-state index in [1.807, 2.05) is 11.8 Å². The van der Waals surface area contributed by atoms with E-state index in [0.717, 1.165) is 49.4 Å². The molecule has 0 radical (unpaired) electrons. The third-order valence-corrected chi connectivity index (χ3v) is 7.20. The van der Waals surface area contributed by atoms with Gasteiger partial charge >= 0.3 is 6.18 Å². The zero-order chi connectivity index (χ0) is 18.6. The van der Waals surface area contributed by atoms with Crippen LogP contribution in [0.25, 0.3) is 11.1 Å². The SMILES string of the molecule is FC(F)(F)c1ccc(-c2ccc3c4c2SCCCN4[C@H]2CCNC[C@@H]32)cc1. The Labute approximate surface area is 161 Å². The van der Waals surface area contributed by atoms with Crippen LogP contribution in [0.15, 0.2) is 41.3 Å². The van der Waals surface area contributed by atoms with Crippen LogP contribution in [0.3, 0.4) is 0 Å². The number of anilines is 1. The van der Waals surface area contributed by atoms with Gasteiger partial charge in [-0.25, -0.2) is 0 Å². The highest BCUT2D eigenvalue weighted by Crippen LogP contribution is 2.52. The Bertz CT molecular complexity index is 863. The second-order valence-electron chi connectivity index (χ2n) is 7.52. The van der Waals surface area contributed by atoms with Crippen molar-refractivity contribution in [3.63, 3.8) is 0 Å². The van der Waals surface area contributed by atoms with Crippen molar-refractivity contribution in [2.45, 2.75) is 35.9 Å². The molecular weight excluding hydrogens is 369 g/mol. The van der Waals surface area contributed by atoms with Crippen LogP contribution in [0.2, 0.25) is 0 Å². The maximum absolute atomic E-state index is 12.9. The van der Waals surface area contributed by atoms with Crippen LogP contribution in [0.4, 0.5) is 18.9 Å². The molecule has 2 atom stereocenters.